The van der Waals surface area contributed by atoms with Crippen LogP contribution in [0.25, 0.3) is 0 Å². The molecule has 4 rings (SSSR count). The van der Waals surface area contributed by atoms with Crippen LogP contribution >= 0.6 is 23.2 Å². The van der Waals surface area contributed by atoms with Gasteiger partial charge in [0.1, 0.15) is 18.1 Å². The minimum absolute atomic E-state index is 0.0717. The maximum absolute atomic E-state index is 12.5. The smallest absolute Gasteiger partial charge is 0.254 e. The Bertz CT molecular complexity index is 955. The van der Waals surface area contributed by atoms with Gasteiger partial charge in [-0.3, -0.25) is 4.79 Å². The fourth-order valence-corrected chi connectivity index (χ4v) is 3.13. The quantitative estimate of drug-likeness (QED) is 0.649. The topological polar surface area (TPSA) is 60.2 Å². The summed E-state index contributed by atoms with van der Waals surface area (Å²) in [6.45, 7) is 1.49. The molecule has 8 heteroatoms. The monoisotopic (exact) mass is 402 g/mol. The molecule has 0 bridgehead atoms. The molecule has 0 unspecified atom stereocenters. The summed E-state index contributed by atoms with van der Waals surface area (Å²) in [5.41, 5.74) is 1.27. The molecular formula is C19H16Cl2N4O2. The Morgan fingerprint density at radius 2 is 1.89 bits per heavy atom. The molecule has 0 aliphatic carbocycles. The number of halogens is 2. The van der Waals surface area contributed by atoms with Gasteiger partial charge >= 0.3 is 0 Å². The number of rotatable bonds is 5. The highest BCUT2D eigenvalue weighted by atomic mass is 35.5. The maximum Gasteiger partial charge on any atom is 0.254 e. The average molecular weight is 403 g/mol. The van der Waals surface area contributed by atoms with Crippen LogP contribution in [0.3, 0.4) is 0 Å². The largest absolute Gasteiger partial charge is 0.487 e. The number of benzene rings is 2. The lowest BCUT2D eigenvalue weighted by Crippen LogP contribution is -2.50. The minimum atomic E-state index is -0.0717. The van der Waals surface area contributed by atoms with E-state index >= 15 is 0 Å². The molecule has 0 N–H and O–H groups in total. The standard InChI is InChI=1S/C19H16Cl2N4O2/c20-17-7-6-13(8-18(17)21)19(26)24-10-15(11-24)25-9-14(22-23-25)12-27-16-4-2-1-3-5-16/h1-9,15H,10-12H2. The van der Waals surface area contributed by atoms with E-state index in [9.17, 15) is 4.79 Å². The second-order valence-corrected chi connectivity index (χ2v) is 7.10. The summed E-state index contributed by atoms with van der Waals surface area (Å²) in [7, 11) is 0. The zero-order valence-corrected chi connectivity index (χ0v) is 15.8. The Labute approximate surface area is 166 Å². The first-order chi connectivity index (χ1) is 13.1. The maximum atomic E-state index is 12.5. The van der Waals surface area contributed by atoms with Gasteiger partial charge in [-0.25, -0.2) is 4.68 Å². The van der Waals surface area contributed by atoms with Gasteiger partial charge in [-0.1, -0.05) is 46.6 Å². The SMILES string of the molecule is O=C(c1ccc(Cl)c(Cl)c1)N1CC(n2cc(COc3ccccc3)nn2)C1. The molecule has 2 aromatic carbocycles. The van der Waals surface area contributed by atoms with E-state index in [4.69, 9.17) is 27.9 Å². The number of nitrogens with zero attached hydrogens (tertiary/aromatic N) is 4. The van der Waals surface area contributed by atoms with Crippen molar-refractivity contribution >= 4 is 29.1 Å². The van der Waals surface area contributed by atoms with Crippen LogP contribution in [0.2, 0.25) is 10.0 Å². The lowest BCUT2D eigenvalue weighted by molar-refractivity contribution is 0.0498. The number of hydrogen-bond acceptors (Lipinski definition) is 4. The van der Waals surface area contributed by atoms with Gasteiger partial charge in [0.15, 0.2) is 0 Å². The van der Waals surface area contributed by atoms with Crippen molar-refractivity contribution in [1.29, 1.82) is 0 Å². The summed E-state index contributed by atoms with van der Waals surface area (Å²) in [5.74, 6) is 0.714. The highest BCUT2D eigenvalue weighted by Gasteiger charge is 2.33. The van der Waals surface area contributed by atoms with Crippen LogP contribution in [-0.4, -0.2) is 38.9 Å². The van der Waals surface area contributed by atoms with Gasteiger partial charge in [-0.15, -0.1) is 5.10 Å². The van der Waals surface area contributed by atoms with Crippen molar-refractivity contribution in [3.63, 3.8) is 0 Å². The van der Waals surface area contributed by atoms with E-state index in [1.807, 2.05) is 36.5 Å². The second-order valence-electron chi connectivity index (χ2n) is 6.28. The highest BCUT2D eigenvalue weighted by molar-refractivity contribution is 6.42. The summed E-state index contributed by atoms with van der Waals surface area (Å²) in [6.07, 6.45) is 1.86. The number of amides is 1. The van der Waals surface area contributed by atoms with E-state index in [2.05, 4.69) is 10.3 Å². The lowest BCUT2D eigenvalue weighted by Gasteiger charge is -2.38. The summed E-state index contributed by atoms with van der Waals surface area (Å²) < 4.78 is 7.45. The van der Waals surface area contributed by atoms with Crippen molar-refractivity contribution in [2.45, 2.75) is 12.6 Å². The number of para-hydroxylation sites is 1. The number of aromatic nitrogens is 3. The fraction of sp³-hybridized carbons (Fsp3) is 0.211. The molecule has 0 radical (unpaired) electrons. The predicted molar refractivity (Wildman–Crippen MR) is 102 cm³/mol. The third kappa shape index (κ3) is 3.91. The first kappa shape index (κ1) is 17.8. The molecule has 2 heterocycles. The van der Waals surface area contributed by atoms with Crippen LogP contribution in [0.5, 0.6) is 5.75 Å². The Morgan fingerprint density at radius 1 is 1.11 bits per heavy atom. The van der Waals surface area contributed by atoms with Gasteiger partial charge in [0.25, 0.3) is 5.91 Å². The molecule has 1 aliphatic heterocycles. The number of carbonyl (C=O) groups is 1. The minimum Gasteiger partial charge on any atom is -0.487 e. The molecule has 0 atom stereocenters. The van der Waals surface area contributed by atoms with Crippen LogP contribution in [0.1, 0.15) is 22.1 Å². The molecule has 1 saturated heterocycles. The van der Waals surface area contributed by atoms with Gasteiger partial charge in [0, 0.05) is 18.7 Å². The molecule has 0 saturated carbocycles. The van der Waals surface area contributed by atoms with Crippen LogP contribution < -0.4 is 4.74 Å². The molecule has 1 fully saturated rings. The molecule has 1 amide bonds. The number of ether oxygens (including phenoxy) is 1. The first-order valence-electron chi connectivity index (χ1n) is 8.43. The molecule has 1 aromatic heterocycles. The van der Waals surface area contributed by atoms with E-state index in [1.54, 1.807) is 27.8 Å². The lowest BCUT2D eigenvalue weighted by atomic mass is 10.1. The van der Waals surface area contributed by atoms with Crippen LogP contribution in [0, 0.1) is 0 Å². The molecule has 3 aromatic rings. The third-order valence-electron chi connectivity index (χ3n) is 4.38. The van der Waals surface area contributed by atoms with E-state index < -0.39 is 0 Å². The van der Waals surface area contributed by atoms with E-state index in [1.165, 1.54) is 0 Å². The van der Waals surface area contributed by atoms with Crippen LogP contribution in [0.4, 0.5) is 0 Å². The van der Waals surface area contributed by atoms with E-state index in [-0.39, 0.29) is 11.9 Å². The Morgan fingerprint density at radius 3 is 2.63 bits per heavy atom. The molecule has 1 aliphatic rings. The molecule has 6 nitrogen and oxygen atoms in total. The summed E-state index contributed by atoms with van der Waals surface area (Å²) >= 11 is 11.9. The van der Waals surface area contributed by atoms with Crippen molar-refractivity contribution in [1.82, 2.24) is 19.9 Å². The Hall–Kier alpha value is -2.57. The van der Waals surface area contributed by atoms with E-state index in [0.29, 0.717) is 35.3 Å². The summed E-state index contributed by atoms with van der Waals surface area (Å²) in [6, 6.07) is 14.6. The zero-order valence-electron chi connectivity index (χ0n) is 14.3. The van der Waals surface area contributed by atoms with Crippen molar-refractivity contribution in [2.75, 3.05) is 13.1 Å². The van der Waals surface area contributed by atoms with Crippen LogP contribution in [-0.2, 0) is 6.61 Å². The Balaban J connectivity index is 1.32. The number of hydrogen-bond donors (Lipinski definition) is 0. The molecule has 138 valence electrons. The van der Waals surface area contributed by atoms with Gasteiger partial charge < -0.3 is 9.64 Å². The van der Waals surface area contributed by atoms with Gasteiger partial charge in [-0.2, -0.15) is 0 Å². The normalized spacial score (nSPS) is 14.1. The first-order valence-corrected chi connectivity index (χ1v) is 9.18. The van der Waals surface area contributed by atoms with Gasteiger partial charge in [0.05, 0.1) is 22.3 Å². The highest BCUT2D eigenvalue weighted by Crippen LogP contribution is 2.26. The summed E-state index contributed by atoms with van der Waals surface area (Å²) in [4.78, 5) is 14.2. The van der Waals surface area contributed by atoms with Crippen molar-refractivity contribution in [2.24, 2.45) is 0 Å². The number of carbonyl (C=O) groups excluding carboxylic acids is 1. The van der Waals surface area contributed by atoms with Gasteiger partial charge in [-0.05, 0) is 30.3 Å². The van der Waals surface area contributed by atoms with Gasteiger partial charge in [0.2, 0.25) is 0 Å². The average Bonchev–Trinajstić information content (AvgIpc) is 3.10. The van der Waals surface area contributed by atoms with Crippen molar-refractivity contribution in [3.8, 4) is 5.75 Å². The third-order valence-corrected chi connectivity index (χ3v) is 5.12. The van der Waals surface area contributed by atoms with Crippen LogP contribution in [0.15, 0.2) is 54.7 Å². The van der Waals surface area contributed by atoms with E-state index in [0.717, 1.165) is 11.4 Å². The molecule has 0 spiro atoms. The number of likely N-dealkylation sites (tertiary alicyclic amines) is 1. The second kappa shape index (κ2) is 7.58. The fourth-order valence-electron chi connectivity index (χ4n) is 2.83. The van der Waals surface area contributed by atoms with Crippen molar-refractivity contribution in [3.05, 3.63) is 76.0 Å². The molecular weight excluding hydrogens is 387 g/mol. The predicted octanol–water partition coefficient (Wildman–Crippen LogP) is 3.86. The zero-order chi connectivity index (χ0) is 18.8. The summed E-state index contributed by atoms with van der Waals surface area (Å²) in [5, 5.41) is 9.10. The van der Waals surface area contributed by atoms with Crippen molar-refractivity contribution < 1.29 is 9.53 Å². The molecule has 27 heavy (non-hydrogen) atoms. The Kier molecular flexibility index (Phi) is 5.01.